The number of hydrogen-bond donors (Lipinski definition) is 0. The highest BCUT2D eigenvalue weighted by Crippen LogP contribution is 2.35. The number of thiazole rings is 1. The van der Waals surface area contributed by atoms with E-state index >= 15 is 0 Å². The van der Waals surface area contributed by atoms with Gasteiger partial charge in [0.1, 0.15) is 5.01 Å². The predicted molar refractivity (Wildman–Crippen MR) is 125 cm³/mol. The lowest BCUT2D eigenvalue weighted by Crippen LogP contribution is -2.29. The van der Waals surface area contributed by atoms with Gasteiger partial charge in [0.2, 0.25) is 0 Å². The fourth-order valence-electron chi connectivity index (χ4n) is 4.38. The summed E-state index contributed by atoms with van der Waals surface area (Å²) in [4.78, 5) is 17.8. The highest BCUT2D eigenvalue weighted by Gasteiger charge is 2.20. The van der Waals surface area contributed by atoms with E-state index in [0.717, 1.165) is 45.3 Å². The van der Waals surface area contributed by atoms with Crippen LogP contribution in [0.4, 0.5) is 0 Å². The van der Waals surface area contributed by atoms with Gasteiger partial charge < -0.3 is 4.90 Å². The van der Waals surface area contributed by atoms with Crippen molar-refractivity contribution in [2.75, 3.05) is 13.1 Å². The Balaban J connectivity index is 1.48. The number of likely N-dealkylation sites (tertiary alicyclic amines) is 1. The van der Waals surface area contributed by atoms with E-state index < -0.39 is 0 Å². The second kappa shape index (κ2) is 8.25. The molecule has 1 aliphatic rings. The van der Waals surface area contributed by atoms with Crippen molar-refractivity contribution in [3.8, 4) is 21.1 Å². The first-order chi connectivity index (χ1) is 14.7. The second-order valence-corrected chi connectivity index (χ2v) is 9.13. The van der Waals surface area contributed by atoms with E-state index in [1.807, 2.05) is 24.5 Å². The zero-order valence-electron chi connectivity index (χ0n) is 17.5. The van der Waals surface area contributed by atoms with Gasteiger partial charge in [-0.15, -0.1) is 11.3 Å². The number of fused-ring (bicyclic) bond motifs is 1. The standard InChI is InChI=1S/C25H26N4S/c1-17-5-4-15-29(17)16-12-20-7-3-6-19-8-9-22(28-23(19)20)24-18(2)27-25(30-24)21-10-13-26-14-11-21/h3,6-11,13-14,17H,4-5,12,15-16H2,1-2H3/t17-/m1/s1. The van der Waals surface area contributed by atoms with Crippen molar-refractivity contribution in [3.05, 3.63) is 66.1 Å². The van der Waals surface area contributed by atoms with Crippen molar-refractivity contribution in [2.24, 2.45) is 0 Å². The quantitative estimate of drug-likeness (QED) is 0.417. The smallest absolute Gasteiger partial charge is 0.124 e. The summed E-state index contributed by atoms with van der Waals surface area (Å²) in [5, 5.41) is 2.23. The summed E-state index contributed by atoms with van der Waals surface area (Å²) in [5.74, 6) is 0. The molecule has 30 heavy (non-hydrogen) atoms. The molecule has 152 valence electrons. The fourth-order valence-corrected chi connectivity index (χ4v) is 5.42. The Bertz CT molecular complexity index is 1170. The summed E-state index contributed by atoms with van der Waals surface area (Å²) >= 11 is 1.70. The van der Waals surface area contributed by atoms with Gasteiger partial charge in [-0.3, -0.25) is 4.98 Å². The molecule has 4 heterocycles. The predicted octanol–water partition coefficient (Wildman–Crippen LogP) is 5.76. The number of pyridine rings is 2. The molecule has 1 saturated heterocycles. The SMILES string of the molecule is Cc1nc(-c2ccncc2)sc1-c1ccc2cccc(CCN3CCC[C@H]3C)c2n1. The van der Waals surface area contributed by atoms with Crippen molar-refractivity contribution in [1.29, 1.82) is 0 Å². The Morgan fingerprint density at radius 1 is 1.07 bits per heavy atom. The van der Waals surface area contributed by atoms with Gasteiger partial charge in [-0.25, -0.2) is 9.97 Å². The molecule has 4 nitrogen and oxygen atoms in total. The topological polar surface area (TPSA) is 41.9 Å². The van der Waals surface area contributed by atoms with Crippen LogP contribution in [0, 0.1) is 6.92 Å². The van der Waals surface area contributed by atoms with Crippen LogP contribution < -0.4 is 0 Å². The zero-order valence-corrected chi connectivity index (χ0v) is 18.3. The molecule has 1 aliphatic heterocycles. The minimum atomic E-state index is 0.704. The Labute approximate surface area is 181 Å². The van der Waals surface area contributed by atoms with Crippen molar-refractivity contribution in [2.45, 2.75) is 39.2 Å². The van der Waals surface area contributed by atoms with Gasteiger partial charge in [-0.05, 0) is 63.4 Å². The maximum absolute atomic E-state index is 5.12. The van der Waals surface area contributed by atoms with Crippen LogP contribution in [0.1, 0.15) is 31.0 Å². The van der Waals surface area contributed by atoms with E-state index in [0.29, 0.717) is 6.04 Å². The van der Waals surface area contributed by atoms with Crippen molar-refractivity contribution in [3.63, 3.8) is 0 Å². The Hall–Kier alpha value is -2.63. The second-order valence-electron chi connectivity index (χ2n) is 8.13. The van der Waals surface area contributed by atoms with Crippen LogP contribution in [0.25, 0.3) is 32.0 Å². The Kier molecular flexibility index (Phi) is 5.32. The number of aryl methyl sites for hydroxylation is 1. The highest BCUT2D eigenvalue weighted by atomic mass is 32.1. The third kappa shape index (κ3) is 3.75. The largest absolute Gasteiger partial charge is 0.300 e. The average molecular weight is 415 g/mol. The van der Waals surface area contributed by atoms with Crippen LogP contribution in [-0.4, -0.2) is 39.0 Å². The lowest BCUT2D eigenvalue weighted by atomic mass is 10.1. The van der Waals surface area contributed by atoms with E-state index in [1.165, 1.54) is 30.3 Å². The molecule has 0 aliphatic carbocycles. The number of benzene rings is 1. The van der Waals surface area contributed by atoms with E-state index in [9.17, 15) is 0 Å². The third-order valence-corrected chi connectivity index (χ3v) is 7.35. The number of aromatic nitrogens is 3. The van der Waals surface area contributed by atoms with Gasteiger partial charge in [-0.2, -0.15) is 0 Å². The van der Waals surface area contributed by atoms with Gasteiger partial charge in [0.25, 0.3) is 0 Å². The minimum absolute atomic E-state index is 0.704. The first-order valence-corrected chi connectivity index (χ1v) is 11.5. The molecular weight excluding hydrogens is 388 g/mol. The molecule has 0 radical (unpaired) electrons. The van der Waals surface area contributed by atoms with Crippen molar-refractivity contribution in [1.82, 2.24) is 19.9 Å². The zero-order chi connectivity index (χ0) is 20.5. The lowest BCUT2D eigenvalue weighted by Gasteiger charge is -2.21. The fraction of sp³-hybridized carbons (Fsp3) is 0.320. The van der Waals surface area contributed by atoms with Crippen LogP contribution in [0.2, 0.25) is 0 Å². The van der Waals surface area contributed by atoms with E-state index in [2.05, 4.69) is 54.1 Å². The maximum atomic E-state index is 5.12. The maximum Gasteiger partial charge on any atom is 0.124 e. The third-order valence-electron chi connectivity index (χ3n) is 6.12. The van der Waals surface area contributed by atoms with Crippen molar-refractivity contribution >= 4 is 22.2 Å². The molecule has 4 aromatic rings. The molecule has 0 spiro atoms. The Morgan fingerprint density at radius 2 is 1.93 bits per heavy atom. The van der Waals surface area contributed by atoms with Crippen LogP contribution in [0.5, 0.6) is 0 Å². The van der Waals surface area contributed by atoms with E-state index in [1.54, 1.807) is 11.3 Å². The molecule has 1 aromatic carbocycles. The Morgan fingerprint density at radius 3 is 2.73 bits per heavy atom. The first-order valence-electron chi connectivity index (χ1n) is 10.7. The molecule has 5 rings (SSSR count). The molecule has 0 bridgehead atoms. The normalized spacial score (nSPS) is 17.1. The summed E-state index contributed by atoms with van der Waals surface area (Å²) in [6, 6.07) is 15.6. The number of rotatable bonds is 5. The lowest BCUT2D eigenvalue weighted by molar-refractivity contribution is 0.272. The van der Waals surface area contributed by atoms with E-state index in [4.69, 9.17) is 9.97 Å². The van der Waals surface area contributed by atoms with Crippen LogP contribution in [0.15, 0.2) is 54.9 Å². The molecule has 0 amide bonds. The summed E-state index contributed by atoms with van der Waals surface area (Å²) in [6.45, 7) is 6.75. The van der Waals surface area contributed by atoms with Crippen molar-refractivity contribution < 1.29 is 0 Å². The van der Waals surface area contributed by atoms with Crippen LogP contribution in [0.3, 0.4) is 0 Å². The van der Waals surface area contributed by atoms with Gasteiger partial charge in [0, 0.05) is 35.9 Å². The summed E-state index contributed by atoms with van der Waals surface area (Å²) in [5.41, 5.74) is 5.61. The molecule has 0 saturated carbocycles. The number of nitrogens with zero attached hydrogens (tertiary/aromatic N) is 4. The molecule has 5 heteroatoms. The molecule has 0 unspecified atom stereocenters. The number of para-hydroxylation sites is 1. The average Bonchev–Trinajstić information content (AvgIpc) is 3.37. The van der Waals surface area contributed by atoms with E-state index in [-0.39, 0.29) is 0 Å². The summed E-state index contributed by atoms with van der Waals surface area (Å²) in [7, 11) is 0. The number of hydrogen-bond acceptors (Lipinski definition) is 5. The van der Waals surface area contributed by atoms with Gasteiger partial charge in [0.05, 0.1) is 21.8 Å². The summed E-state index contributed by atoms with van der Waals surface area (Å²) in [6.07, 6.45) is 7.31. The minimum Gasteiger partial charge on any atom is -0.300 e. The molecule has 1 fully saturated rings. The van der Waals surface area contributed by atoms with Gasteiger partial charge >= 0.3 is 0 Å². The summed E-state index contributed by atoms with van der Waals surface area (Å²) < 4.78 is 0. The van der Waals surface area contributed by atoms with Gasteiger partial charge in [0.15, 0.2) is 0 Å². The monoisotopic (exact) mass is 414 g/mol. The van der Waals surface area contributed by atoms with Gasteiger partial charge in [-0.1, -0.05) is 24.3 Å². The molecular formula is C25H26N4S. The molecule has 0 N–H and O–H groups in total. The molecule has 1 atom stereocenters. The van der Waals surface area contributed by atoms with Crippen LogP contribution >= 0.6 is 11.3 Å². The first kappa shape index (κ1) is 19.3. The highest BCUT2D eigenvalue weighted by molar-refractivity contribution is 7.18. The molecule has 3 aromatic heterocycles. The van der Waals surface area contributed by atoms with Crippen LogP contribution in [-0.2, 0) is 6.42 Å².